The molecule has 1 aliphatic heterocycles. The summed E-state index contributed by atoms with van der Waals surface area (Å²) in [6.45, 7) is 3.99. The van der Waals surface area contributed by atoms with Crippen molar-refractivity contribution in [3.05, 3.63) is 59.8 Å². The van der Waals surface area contributed by atoms with E-state index in [0.29, 0.717) is 5.56 Å². The Balaban J connectivity index is 1.68. The van der Waals surface area contributed by atoms with Crippen molar-refractivity contribution in [2.45, 2.75) is 19.8 Å². The van der Waals surface area contributed by atoms with E-state index in [2.05, 4.69) is 27.4 Å². The van der Waals surface area contributed by atoms with Crippen LogP contribution in [0.2, 0.25) is 0 Å². The second-order valence-corrected chi connectivity index (χ2v) is 7.52. The highest BCUT2D eigenvalue weighted by molar-refractivity contribution is 5.97. The normalized spacial score (nSPS) is 13.9. The van der Waals surface area contributed by atoms with Gasteiger partial charge < -0.3 is 9.88 Å². The molecule has 4 aromatic rings. The van der Waals surface area contributed by atoms with Crippen LogP contribution in [0.15, 0.2) is 48.5 Å². The van der Waals surface area contributed by atoms with Gasteiger partial charge >= 0.3 is 0 Å². The van der Waals surface area contributed by atoms with Crippen molar-refractivity contribution >= 4 is 22.8 Å². The van der Waals surface area contributed by atoms with Gasteiger partial charge in [-0.05, 0) is 50.1 Å². The molecule has 0 spiro atoms. The van der Waals surface area contributed by atoms with Crippen molar-refractivity contribution in [1.29, 1.82) is 0 Å². The summed E-state index contributed by atoms with van der Waals surface area (Å²) < 4.78 is 2.01. The number of para-hydroxylation sites is 1. The number of fused-ring (bicyclic) bond motifs is 1. The maximum atomic E-state index is 11.9. The van der Waals surface area contributed by atoms with Crippen molar-refractivity contribution in [2.75, 3.05) is 18.0 Å². The third-order valence-electron chi connectivity index (χ3n) is 5.55. The molecule has 30 heavy (non-hydrogen) atoms. The van der Waals surface area contributed by atoms with Crippen LogP contribution in [0.1, 0.15) is 28.9 Å². The van der Waals surface area contributed by atoms with E-state index in [1.54, 1.807) is 12.1 Å². The van der Waals surface area contributed by atoms with Crippen molar-refractivity contribution in [3.63, 3.8) is 0 Å². The first-order valence-corrected chi connectivity index (χ1v) is 10.1. The number of carbonyl (C=O) groups is 1. The number of imidazole rings is 1. The minimum atomic E-state index is -0.334. The number of hydrogen-bond acceptors (Lipinski definition) is 5. The number of carbonyl (C=O) groups excluding carboxylic acids is 1. The first kappa shape index (κ1) is 18.4. The van der Waals surface area contributed by atoms with Crippen LogP contribution in [-0.4, -0.2) is 38.7 Å². The number of aryl methyl sites for hydroxylation is 1. The zero-order valence-corrected chi connectivity index (χ0v) is 16.7. The van der Waals surface area contributed by atoms with Crippen LogP contribution in [0.4, 0.5) is 5.82 Å². The van der Waals surface area contributed by atoms with Gasteiger partial charge in [-0.2, -0.15) is 5.10 Å². The molecule has 8 heteroatoms. The molecule has 2 aromatic heterocycles. The summed E-state index contributed by atoms with van der Waals surface area (Å²) in [7, 11) is 0. The standard InChI is InChI=1S/C22H23N7O/c1-14-19(20-24-17-10-9-15(21(30)26-23)13-18(17)25-20)22(28-11-5-6-12-28)29(27-14)16-7-3-2-4-8-16/h2-4,7-10,13H,5-6,11-12,23H2,1H3,(H,24,25)(H,26,30). The van der Waals surface area contributed by atoms with E-state index in [0.717, 1.165) is 65.6 Å². The van der Waals surface area contributed by atoms with Gasteiger partial charge in [0.15, 0.2) is 0 Å². The van der Waals surface area contributed by atoms with Crippen LogP contribution in [0, 0.1) is 6.92 Å². The number of amides is 1. The lowest BCUT2D eigenvalue weighted by atomic mass is 10.2. The monoisotopic (exact) mass is 401 g/mol. The summed E-state index contributed by atoms with van der Waals surface area (Å²) in [4.78, 5) is 22.5. The van der Waals surface area contributed by atoms with Gasteiger partial charge in [0.2, 0.25) is 0 Å². The Morgan fingerprint density at radius 3 is 2.63 bits per heavy atom. The molecule has 2 aromatic carbocycles. The number of benzene rings is 2. The lowest BCUT2D eigenvalue weighted by molar-refractivity contribution is 0.0954. The fourth-order valence-electron chi connectivity index (χ4n) is 4.12. The fourth-order valence-corrected chi connectivity index (χ4v) is 4.12. The molecule has 1 saturated heterocycles. The van der Waals surface area contributed by atoms with Crippen molar-refractivity contribution in [3.8, 4) is 17.1 Å². The van der Waals surface area contributed by atoms with E-state index in [4.69, 9.17) is 15.9 Å². The summed E-state index contributed by atoms with van der Waals surface area (Å²) in [5.41, 5.74) is 7.13. The van der Waals surface area contributed by atoms with Gasteiger partial charge in [-0.3, -0.25) is 10.2 Å². The SMILES string of the molecule is Cc1nn(-c2ccccc2)c(N2CCCC2)c1-c1nc2ccc(C(=O)NN)cc2[nH]1. The number of H-pyrrole nitrogens is 1. The van der Waals surface area contributed by atoms with E-state index < -0.39 is 0 Å². The van der Waals surface area contributed by atoms with Crippen molar-refractivity contribution in [1.82, 2.24) is 25.2 Å². The summed E-state index contributed by atoms with van der Waals surface area (Å²) in [6.07, 6.45) is 2.33. The largest absolute Gasteiger partial charge is 0.356 e. The van der Waals surface area contributed by atoms with E-state index in [-0.39, 0.29) is 5.91 Å². The summed E-state index contributed by atoms with van der Waals surface area (Å²) in [6, 6.07) is 15.5. The molecule has 5 rings (SSSR count). The second-order valence-electron chi connectivity index (χ2n) is 7.52. The quantitative estimate of drug-likeness (QED) is 0.277. The molecule has 0 radical (unpaired) electrons. The van der Waals surface area contributed by atoms with Crippen molar-refractivity contribution < 1.29 is 4.79 Å². The van der Waals surface area contributed by atoms with Gasteiger partial charge in [-0.15, -0.1) is 0 Å². The van der Waals surface area contributed by atoms with Gasteiger partial charge in [0.1, 0.15) is 11.6 Å². The third-order valence-corrected chi connectivity index (χ3v) is 5.55. The zero-order chi connectivity index (χ0) is 20.7. The smallest absolute Gasteiger partial charge is 0.265 e. The molecule has 0 bridgehead atoms. The molecular formula is C22H23N7O. The van der Waals surface area contributed by atoms with Gasteiger partial charge in [0, 0.05) is 18.7 Å². The lowest BCUT2D eigenvalue weighted by Crippen LogP contribution is -2.29. The maximum Gasteiger partial charge on any atom is 0.265 e. The highest BCUT2D eigenvalue weighted by Gasteiger charge is 2.27. The molecule has 4 N–H and O–H groups in total. The Bertz CT molecular complexity index is 1220. The number of rotatable bonds is 4. The van der Waals surface area contributed by atoms with Gasteiger partial charge in [0.05, 0.1) is 28.0 Å². The third kappa shape index (κ3) is 3.02. The van der Waals surface area contributed by atoms with Crippen LogP contribution in [0.3, 0.4) is 0 Å². The maximum absolute atomic E-state index is 11.9. The van der Waals surface area contributed by atoms with Gasteiger partial charge in [-0.25, -0.2) is 15.5 Å². The minimum absolute atomic E-state index is 0.334. The summed E-state index contributed by atoms with van der Waals surface area (Å²) in [5.74, 6) is 6.73. The Kier molecular flexibility index (Phi) is 4.48. The molecule has 3 heterocycles. The number of nitrogens with zero attached hydrogens (tertiary/aromatic N) is 4. The number of anilines is 1. The van der Waals surface area contributed by atoms with Gasteiger partial charge in [-0.1, -0.05) is 18.2 Å². The molecular weight excluding hydrogens is 378 g/mol. The molecule has 1 fully saturated rings. The minimum Gasteiger partial charge on any atom is -0.356 e. The lowest BCUT2D eigenvalue weighted by Gasteiger charge is -2.20. The average Bonchev–Trinajstić information content (AvgIpc) is 3.50. The topological polar surface area (TPSA) is 105 Å². The molecule has 0 unspecified atom stereocenters. The Morgan fingerprint density at radius 1 is 1.13 bits per heavy atom. The van der Waals surface area contributed by atoms with E-state index in [1.165, 1.54) is 0 Å². The number of nitrogens with two attached hydrogens (primary N) is 1. The highest BCUT2D eigenvalue weighted by atomic mass is 16.2. The molecule has 0 saturated carbocycles. The first-order chi connectivity index (χ1) is 14.7. The van der Waals surface area contributed by atoms with Crippen LogP contribution in [0.25, 0.3) is 28.1 Å². The Hall–Kier alpha value is -3.65. The van der Waals surface area contributed by atoms with E-state index in [9.17, 15) is 4.79 Å². The molecule has 0 atom stereocenters. The highest BCUT2D eigenvalue weighted by Crippen LogP contribution is 2.37. The number of nitrogen functional groups attached to an aromatic ring is 1. The number of aromatic nitrogens is 4. The predicted molar refractivity (Wildman–Crippen MR) is 116 cm³/mol. The van der Waals surface area contributed by atoms with E-state index in [1.807, 2.05) is 35.9 Å². The Morgan fingerprint density at radius 2 is 1.90 bits per heavy atom. The molecule has 152 valence electrons. The zero-order valence-electron chi connectivity index (χ0n) is 16.7. The number of aromatic amines is 1. The Labute approximate surface area is 173 Å². The fraction of sp³-hybridized carbons (Fsp3) is 0.227. The average molecular weight is 401 g/mol. The second kappa shape index (κ2) is 7.31. The van der Waals surface area contributed by atoms with Crippen molar-refractivity contribution in [2.24, 2.45) is 5.84 Å². The first-order valence-electron chi connectivity index (χ1n) is 10.1. The van der Waals surface area contributed by atoms with Crippen LogP contribution in [-0.2, 0) is 0 Å². The molecule has 8 nitrogen and oxygen atoms in total. The molecule has 1 amide bonds. The number of hydrazine groups is 1. The number of hydrogen-bond donors (Lipinski definition) is 3. The molecule has 0 aliphatic carbocycles. The summed E-state index contributed by atoms with van der Waals surface area (Å²) in [5, 5.41) is 4.87. The van der Waals surface area contributed by atoms with Crippen LogP contribution < -0.4 is 16.2 Å². The van der Waals surface area contributed by atoms with Crippen LogP contribution in [0.5, 0.6) is 0 Å². The number of nitrogens with one attached hydrogen (secondary N) is 2. The molecule has 1 aliphatic rings. The van der Waals surface area contributed by atoms with E-state index >= 15 is 0 Å². The van der Waals surface area contributed by atoms with Crippen LogP contribution >= 0.6 is 0 Å². The van der Waals surface area contributed by atoms with Gasteiger partial charge in [0.25, 0.3) is 5.91 Å². The summed E-state index contributed by atoms with van der Waals surface area (Å²) >= 11 is 0. The predicted octanol–water partition coefficient (Wildman–Crippen LogP) is 2.93.